The Balaban J connectivity index is 0.000000132. The van der Waals surface area contributed by atoms with Crippen LogP contribution in [0.25, 0.3) is 29.1 Å². The standard InChI is InChI=1S/C23H27N9.C22H25N9.C20H18N8O.C19H17FN8O.C19H18N8/c1-4-31(5-2)18-11-12-19(16(3)13-18)28-23-29-22(24)32(30-23)21-14-20(25-15-26-21)27-17-9-7-6-8-10-17;1-3-30(4-2)18-12-10-17(11-13-18)27-22-28-21(23)31(29-22)20-14-19(24-15-25-20)26-16-8-6-5-7-9-16;1-13(29)14-6-5-9-16(10-14)25-20-26-19(21)28(27-20)18-11-17(22-12-23-18)24-15-7-3-2-4-8-15;1-29-13-7-8-15(14(20)9-13)25-19-26-18(21)28(27-19)17-10-16(22-11-23-17)24-12-5-3-2-4-6-12;1-13-7-5-6-10-15(13)24-19-25-18(20)27(26-19)17-11-16(21-12-22-17)23-14-8-3-2-4-9-14/h6-15H,4-5H2,1-3H3,(H,25,26,27)(H3,24,28,29,30);5-15H,3-4H2,1-2H3,(H,24,25,26)(H3,23,27,28,29);2-12H,1H3,(H,22,23,24)(H3,21,25,26,27);2-11H,1H3,(H,22,23,24)(H3,21,25,26,27);2-12H,1H3,(H,21,22,23)(H3,20,24,25,26). The van der Waals surface area contributed by atoms with Gasteiger partial charge in [-0.1, -0.05) is 121 Å². The maximum absolute atomic E-state index is 14.1. The molecule has 0 saturated heterocycles. The van der Waals surface area contributed by atoms with Crippen LogP contribution in [-0.4, -0.2) is 163 Å². The fourth-order valence-electron chi connectivity index (χ4n) is 14.5. The van der Waals surface area contributed by atoms with Crippen molar-refractivity contribution in [3.8, 4) is 34.8 Å². The summed E-state index contributed by atoms with van der Waals surface area (Å²) in [6, 6.07) is 91.0. The molecule has 0 unspecified atom stereocenters. The minimum atomic E-state index is -0.504. The number of halogens is 1. The molecule has 0 saturated carbocycles. The molecule has 746 valence electrons. The molecule has 148 heavy (non-hydrogen) atoms. The van der Waals surface area contributed by atoms with Crippen molar-refractivity contribution in [3.63, 3.8) is 0 Å². The summed E-state index contributed by atoms with van der Waals surface area (Å²) in [5.41, 5.74) is 43.5. The van der Waals surface area contributed by atoms with E-state index in [9.17, 15) is 9.18 Å². The number of Topliss-reactive ketones (excluding diaryl/α,β-unsaturated/α-hetero) is 1. The number of nitrogen functional groups attached to an aromatic ring is 5. The van der Waals surface area contributed by atoms with Gasteiger partial charge in [0.1, 0.15) is 72.3 Å². The zero-order valence-corrected chi connectivity index (χ0v) is 81.6. The highest BCUT2D eigenvalue weighted by Gasteiger charge is 2.21. The zero-order chi connectivity index (χ0) is 103. The highest BCUT2D eigenvalue weighted by atomic mass is 19.1. The maximum atomic E-state index is 14.1. The summed E-state index contributed by atoms with van der Waals surface area (Å²) in [5, 5.41) is 53.5. The van der Waals surface area contributed by atoms with E-state index >= 15 is 0 Å². The number of rotatable bonds is 33. The molecule has 0 amide bonds. The lowest BCUT2D eigenvalue weighted by atomic mass is 10.1. The quantitative estimate of drug-likeness (QED) is 0.0170. The molecule has 10 aromatic heterocycles. The second-order valence-corrected chi connectivity index (χ2v) is 32.1. The van der Waals surface area contributed by atoms with Gasteiger partial charge < -0.3 is 96.4 Å². The van der Waals surface area contributed by atoms with Crippen LogP contribution in [0.15, 0.2) is 323 Å². The van der Waals surface area contributed by atoms with Gasteiger partial charge in [0.05, 0.1) is 12.8 Å². The number of anilines is 27. The largest absolute Gasteiger partial charge is 0.497 e. The van der Waals surface area contributed by atoms with Crippen molar-refractivity contribution in [2.75, 3.05) is 125 Å². The first-order valence-corrected chi connectivity index (χ1v) is 46.5. The first-order chi connectivity index (χ1) is 72.1. The molecule has 10 aromatic carbocycles. The van der Waals surface area contributed by atoms with Gasteiger partial charge in [-0.25, -0.2) is 54.2 Å². The molecular formula is C103H105FN42O2. The molecule has 0 bridgehead atoms. The Labute approximate surface area is 849 Å². The van der Waals surface area contributed by atoms with Crippen molar-refractivity contribution in [2.45, 2.75) is 48.5 Å². The summed E-state index contributed by atoms with van der Waals surface area (Å²) in [5.74, 6) is 7.93. The van der Waals surface area contributed by atoms with Gasteiger partial charge in [0.25, 0.3) is 0 Å². The number of hydrogen-bond acceptors (Lipinski definition) is 39. The lowest BCUT2D eigenvalue weighted by Crippen LogP contribution is -2.21. The van der Waals surface area contributed by atoms with E-state index in [0.29, 0.717) is 99.0 Å². The second-order valence-electron chi connectivity index (χ2n) is 32.1. The van der Waals surface area contributed by atoms with Crippen LogP contribution in [0, 0.1) is 19.7 Å². The molecule has 45 heteroatoms. The van der Waals surface area contributed by atoms with E-state index in [1.807, 2.05) is 207 Å². The predicted octanol–water partition coefficient (Wildman–Crippen LogP) is 18.3. The summed E-state index contributed by atoms with van der Waals surface area (Å²) < 4.78 is 26.3. The molecule has 0 radical (unpaired) electrons. The Morgan fingerprint density at radius 3 is 0.912 bits per heavy atom. The third-order valence-electron chi connectivity index (χ3n) is 21.9. The van der Waals surface area contributed by atoms with E-state index in [1.54, 1.807) is 54.6 Å². The molecule has 20 aromatic rings. The number of nitrogens with zero attached hydrogens (tertiary/aromatic N) is 27. The van der Waals surface area contributed by atoms with Gasteiger partial charge in [0.2, 0.25) is 59.5 Å². The van der Waals surface area contributed by atoms with Crippen molar-refractivity contribution in [3.05, 3.63) is 345 Å². The summed E-state index contributed by atoms with van der Waals surface area (Å²) in [7, 11) is 1.47. The van der Waals surface area contributed by atoms with Crippen LogP contribution in [-0.2, 0) is 0 Å². The first kappa shape index (κ1) is 100. The van der Waals surface area contributed by atoms with Crippen LogP contribution in [0.4, 0.5) is 161 Å². The lowest BCUT2D eigenvalue weighted by Gasteiger charge is -2.22. The Bertz CT molecular complexity index is 7770. The highest BCUT2D eigenvalue weighted by Crippen LogP contribution is 2.32. The normalized spacial score (nSPS) is 10.6. The van der Waals surface area contributed by atoms with Crippen LogP contribution in [0.2, 0.25) is 0 Å². The fraction of sp³-hybridized carbons (Fsp3) is 0.117. The van der Waals surface area contributed by atoms with Crippen molar-refractivity contribution >= 4 is 163 Å². The van der Waals surface area contributed by atoms with Crippen molar-refractivity contribution in [1.82, 2.24) is 124 Å². The molecule has 44 nitrogen and oxygen atoms in total. The Kier molecular flexibility index (Phi) is 32.8. The number of ketones is 1. The fourth-order valence-corrected chi connectivity index (χ4v) is 14.5. The zero-order valence-electron chi connectivity index (χ0n) is 81.6. The molecule has 20 N–H and O–H groups in total. The molecular weight excluding hydrogens is 1880 g/mol. The van der Waals surface area contributed by atoms with Gasteiger partial charge in [-0.2, -0.15) is 48.3 Å². The lowest BCUT2D eigenvalue weighted by molar-refractivity contribution is 0.101. The number of para-hydroxylation sites is 6. The number of hydrogen-bond donors (Lipinski definition) is 15. The third-order valence-corrected chi connectivity index (χ3v) is 21.9. The van der Waals surface area contributed by atoms with Crippen molar-refractivity contribution < 1.29 is 13.9 Å². The van der Waals surface area contributed by atoms with Crippen LogP contribution in [0.1, 0.15) is 56.1 Å². The SMILES string of the molecule is CC(=O)c1cccc(Nc2nc(N)n(-c3cc(Nc4ccccc4)ncn3)n2)c1.CCN(CC)c1ccc(Nc2nc(N)n(-c3cc(Nc4ccccc4)ncn3)n2)c(C)c1.CCN(CC)c1ccc(Nc2nc(N)n(-c3cc(Nc4ccccc4)ncn3)n2)cc1.COc1ccc(Nc2nc(N)n(-c3cc(Nc4ccccc4)ncn3)n2)c(F)c1.Cc1ccccc1Nc1nc(N)n(-c2cc(Nc3ccccc3)ncn2)n1. The highest BCUT2D eigenvalue weighted by molar-refractivity contribution is 5.95. The van der Waals surface area contributed by atoms with Gasteiger partial charge in [0.15, 0.2) is 34.9 Å². The number of methoxy groups -OCH3 is 1. The van der Waals surface area contributed by atoms with Gasteiger partial charge in [-0.3, -0.25) is 4.79 Å². The van der Waals surface area contributed by atoms with Crippen molar-refractivity contribution in [1.29, 1.82) is 0 Å². The Hall–Kier alpha value is -20.7. The maximum Gasteiger partial charge on any atom is 0.248 e. The Morgan fingerprint density at radius 1 is 0.297 bits per heavy atom. The number of nitrogens with two attached hydrogens (primary N) is 5. The van der Waals surface area contributed by atoms with E-state index in [0.717, 1.165) is 82.8 Å². The molecule has 20 rings (SSSR count). The number of carbonyl (C=O) groups is 1. The molecule has 0 aliphatic heterocycles. The molecule has 0 spiro atoms. The molecule has 10 heterocycles. The average Bonchev–Trinajstić information content (AvgIpc) is 1.68. The molecule has 0 atom stereocenters. The number of aromatic nitrogens is 25. The Morgan fingerprint density at radius 2 is 0.588 bits per heavy atom. The molecule has 0 fully saturated rings. The smallest absolute Gasteiger partial charge is 0.248 e. The summed E-state index contributed by atoms with van der Waals surface area (Å²) in [6.07, 6.45) is 7.19. The van der Waals surface area contributed by atoms with Crippen molar-refractivity contribution in [2.24, 2.45) is 0 Å². The van der Waals surface area contributed by atoms with E-state index in [-0.39, 0.29) is 47.2 Å². The molecule has 0 aliphatic carbocycles. The second kappa shape index (κ2) is 48.5. The van der Waals surface area contributed by atoms with Crippen LogP contribution in [0.5, 0.6) is 5.75 Å². The minimum Gasteiger partial charge on any atom is -0.497 e. The van der Waals surface area contributed by atoms with Gasteiger partial charge in [-0.15, -0.1) is 25.5 Å². The van der Waals surface area contributed by atoms with Gasteiger partial charge in [-0.05, 0) is 193 Å². The predicted molar refractivity (Wildman–Crippen MR) is 577 cm³/mol. The van der Waals surface area contributed by atoms with Gasteiger partial charge >= 0.3 is 0 Å². The average molecular weight is 1980 g/mol. The van der Waals surface area contributed by atoms with E-state index in [4.69, 9.17) is 33.4 Å². The molecule has 0 aliphatic rings. The monoisotopic (exact) mass is 1980 g/mol. The number of nitrogens with one attached hydrogen (secondary N) is 10. The van der Waals surface area contributed by atoms with E-state index < -0.39 is 5.82 Å². The van der Waals surface area contributed by atoms with E-state index in [1.165, 1.54) is 92.6 Å². The number of carbonyl (C=O) groups excluding carboxylic acids is 1. The summed E-state index contributed by atoms with van der Waals surface area (Å²) >= 11 is 0. The summed E-state index contributed by atoms with van der Waals surface area (Å²) in [6.45, 7) is 18.0. The summed E-state index contributed by atoms with van der Waals surface area (Å²) in [4.78, 5) is 79.8. The van der Waals surface area contributed by atoms with E-state index in [2.05, 4.69) is 222 Å². The number of benzene rings is 10. The topological polar surface area (TPSA) is 566 Å². The number of ether oxygens (including phenoxy) is 1. The van der Waals surface area contributed by atoms with Crippen LogP contribution >= 0.6 is 0 Å². The third kappa shape index (κ3) is 26.9. The van der Waals surface area contributed by atoms with Crippen LogP contribution < -0.4 is 96.4 Å². The van der Waals surface area contributed by atoms with Gasteiger partial charge in [0, 0.05) is 131 Å². The number of aryl methyl sites for hydroxylation is 2. The van der Waals surface area contributed by atoms with Crippen LogP contribution in [0.3, 0.4) is 0 Å². The minimum absolute atomic E-state index is 0.0221. The first-order valence-electron chi connectivity index (χ1n) is 46.5.